The van der Waals surface area contributed by atoms with Gasteiger partial charge in [0, 0.05) is 12.2 Å². The first-order valence-corrected chi connectivity index (χ1v) is 7.68. The van der Waals surface area contributed by atoms with Crippen LogP contribution in [-0.2, 0) is 22.6 Å². The number of rotatable bonds is 5. The average Bonchev–Trinajstić information content (AvgIpc) is 3.14. The maximum atomic E-state index is 11.9. The summed E-state index contributed by atoms with van der Waals surface area (Å²) in [4.78, 5) is 11.9. The van der Waals surface area contributed by atoms with E-state index >= 15 is 0 Å². The molecule has 122 valence electrons. The van der Waals surface area contributed by atoms with Gasteiger partial charge in [-0.05, 0) is 37.6 Å². The van der Waals surface area contributed by atoms with Crippen molar-refractivity contribution in [2.75, 3.05) is 6.79 Å². The minimum atomic E-state index is -0.340. The van der Waals surface area contributed by atoms with Gasteiger partial charge in [-0.15, -0.1) is 0 Å². The van der Waals surface area contributed by atoms with Crippen LogP contribution in [0.2, 0.25) is 5.02 Å². The van der Waals surface area contributed by atoms with E-state index in [9.17, 15) is 4.79 Å². The maximum Gasteiger partial charge on any atom is 0.312 e. The summed E-state index contributed by atoms with van der Waals surface area (Å²) in [6.45, 7) is 4.33. The Hall–Kier alpha value is -2.21. The summed E-state index contributed by atoms with van der Waals surface area (Å²) in [5, 5.41) is 4.77. The van der Waals surface area contributed by atoms with E-state index in [0.717, 1.165) is 5.56 Å². The van der Waals surface area contributed by atoms with Crippen molar-refractivity contribution >= 4 is 17.6 Å². The molecule has 2 aromatic rings. The highest BCUT2D eigenvalue weighted by atomic mass is 35.5. The molecule has 1 aromatic carbocycles. The minimum absolute atomic E-state index is 0.125. The molecule has 7 heteroatoms. The Morgan fingerprint density at radius 3 is 3.00 bits per heavy atom. The number of nitrogens with zero attached hydrogens (tertiary/aromatic N) is 2. The number of halogens is 1. The predicted octanol–water partition coefficient (Wildman–Crippen LogP) is 3.13. The second-order valence-corrected chi connectivity index (χ2v) is 5.94. The Bertz CT molecular complexity index is 727. The molecule has 23 heavy (non-hydrogen) atoms. The van der Waals surface area contributed by atoms with Gasteiger partial charge in [0.05, 0.1) is 17.1 Å². The second-order valence-electron chi connectivity index (χ2n) is 5.53. The summed E-state index contributed by atoms with van der Waals surface area (Å²) in [6, 6.07) is 5.54. The van der Waals surface area contributed by atoms with E-state index in [0.29, 0.717) is 22.2 Å². The summed E-state index contributed by atoms with van der Waals surface area (Å²) < 4.78 is 17.6. The SMILES string of the molecule is CC(C)n1ccc(CC(=O)OCc2cc(Cl)c3c(c2)OCO3)n1. The molecule has 0 spiro atoms. The molecule has 0 aliphatic carbocycles. The smallest absolute Gasteiger partial charge is 0.312 e. The monoisotopic (exact) mass is 336 g/mol. The van der Waals surface area contributed by atoms with Crippen LogP contribution in [0.15, 0.2) is 24.4 Å². The van der Waals surface area contributed by atoms with Crippen molar-refractivity contribution in [1.29, 1.82) is 0 Å². The molecular formula is C16H17ClN2O4. The van der Waals surface area contributed by atoms with Crippen LogP contribution in [0.1, 0.15) is 31.1 Å². The van der Waals surface area contributed by atoms with E-state index in [1.54, 1.807) is 16.8 Å². The lowest BCUT2D eigenvalue weighted by Crippen LogP contribution is -2.09. The van der Waals surface area contributed by atoms with Crippen molar-refractivity contribution in [3.63, 3.8) is 0 Å². The molecule has 0 atom stereocenters. The normalized spacial score (nSPS) is 12.7. The van der Waals surface area contributed by atoms with E-state index < -0.39 is 0 Å². The van der Waals surface area contributed by atoms with Gasteiger partial charge < -0.3 is 14.2 Å². The molecular weight excluding hydrogens is 320 g/mol. The summed E-state index contributed by atoms with van der Waals surface area (Å²) in [7, 11) is 0. The van der Waals surface area contributed by atoms with Crippen LogP contribution in [0.5, 0.6) is 11.5 Å². The first kappa shape index (κ1) is 15.7. The number of aromatic nitrogens is 2. The van der Waals surface area contributed by atoms with Gasteiger partial charge >= 0.3 is 5.97 Å². The second kappa shape index (κ2) is 6.50. The summed E-state index contributed by atoms with van der Waals surface area (Å²) in [6.07, 6.45) is 1.99. The lowest BCUT2D eigenvalue weighted by atomic mass is 10.2. The van der Waals surface area contributed by atoms with Crippen molar-refractivity contribution in [3.8, 4) is 11.5 Å². The molecule has 1 aromatic heterocycles. The number of benzene rings is 1. The van der Waals surface area contributed by atoms with Crippen molar-refractivity contribution in [1.82, 2.24) is 9.78 Å². The molecule has 0 saturated heterocycles. The number of hydrogen-bond acceptors (Lipinski definition) is 5. The highest BCUT2D eigenvalue weighted by Gasteiger charge is 2.19. The molecule has 0 N–H and O–H groups in total. The fraction of sp³-hybridized carbons (Fsp3) is 0.375. The number of fused-ring (bicyclic) bond motifs is 1. The van der Waals surface area contributed by atoms with Crippen LogP contribution < -0.4 is 9.47 Å². The van der Waals surface area contributed by atoms with Gasteiger partial charge in [0.1, 0.15) is 6.61 Å². The Kier molecular flexibility index (Phi) is 4.43. The van der Waals surface area contributed by atoms with E-state index in [1.807, 2.05) is 26.1 Å². The van der Waals surface area contributed by atoms with E-state index in [2.05, 4.69) is 5.10 Å². The first-order chi connectivity index (χ1) is 11.0. The third-order valence-corrected chi connectivity index (χ3v) is 3.69. The van der Waals surface area contributed by atoms with Crippen molar-refractivity contribution < 1.29 is 19.0 Å². The van der Waals surface area contributed by atoms with Crippen molar-refractivity contribution in [2.24, 2.45) is 0 Å². The zero-order valence-electron chi connectivity index (χ0n) is 12.9. The van der Waals surface area contributed by atoms with Gasteiger partial charge in [-0.1, -0.05) is 11.6 Å². The largest absolute Gasteiger partial charge is 0.461 e. The summed E-state index contributed by atoms with van der Waals surface area (Å²) in [5.74, 6) is 0.757. The Labute approximate surface area is 138 Å². The van der Waals surface area contributed by atoms with Crippen LogP contribution in [-0.4, -0.2) is 22.5 Å². The first-order valence-electron chi connectivity index (χ1n) is 7.30. The lowest BCUT2D eigenvalue weighted by Gasteiger charge is -2.07. The Balaban J connectivity index is 1.57. The maximum absolute atomic E-state index is 11.9. The van der Waals surface area contributed by atoms with Gasteiger partial charge in [0.25, 0.3) is 0 Å². The van der Waals surface area contributed by atoms with Gasteiger partial charge in [0.2, 0.25) is 6.79 Å². The fourth-order valence-electron chi connectivity index (χ4n) is 2.23. The highest BCUT2D eigenvalue weighted by molar-refractivity contribution is 6.32. The number of ether oxygens (including phenoxy) is 3. The number of carbonyl (C=O) groups excluding carboxylic acids is 1. The van der Waals surface area contributed by atoms with Gasteiger partial charge in [-0.25, -0.2) is 0 Å². The predicted molar refractivity (Wildman–Crippen MR) is 83.7 cm³/mol. The average molecular weight is 337 g/mol. The molecule has 0 radical (unpaired) electrons. The van der Waals surface area contributed by atoms with Gasteiger partial charge in [-0.2, -0.15) is 5.10 Å². The topological polar surface area (TPSA) is 62.6 Å². The molecule has 1 aliphatic heterocycles. The standard InChI is InChI=1S/C16H17ClN2O4/c1-10(2)19-4-3-12(18-19)7-15(20)21-8-11-5-13(17)16-14(6-11)22-9-23-16/h3-6,10H,7-9H2,1-2H3. The third-order valence-electron chi connectivity index (χ3n) is 3.40. The molecule has 1 aliphatic rings. The summed E-state index contributed by atoms with van der Waals surface area (Å²) >= 11 is 6.09. The fourth-order valence-corrected chi connectivity index (χ4v) is 2.51. The Morgan fingerprint density at radius 2 is 2.26 bits per heavy atom. The quantitative estimate of drug-likeness (QED) is 0.785. The van der Waals surface area contributed by atoms with Crippen LogP contribution in [0.3, 0.4) is 0 Å². The van der Waals surface area contributed by atoms with Gasteiger partial charge in [0.15, 0.2) is 11.5 Å². The molecule has 0 saturated carbocycles. The van der Waals surface area contributed by atoms with Crippen LogP contribution in [0, 0.1) is 0 Å². The highest BCUT2D eigenvalue weighted by Crippen LogP contribution is 2.39. The van der Waals surface area contributed by atoms with Crippen LogP contribution >= 0.6 is 11.6 Å². The summed E-state index contributed by atoms with van der Waals surface area (Å²) in [5.41, 5.74) is 1.44. The number of esters is 1. The van der Waals surface area contributed by atoms with E-state index in [1.165, 1.54) is 0 Å². The molecule has 0 fully saturated rings. The Morgan fingerprint density at radius 1 is 1.43 bits per heavy atom. The molecule has 6 nitrogen and oxygen atoms in total. The van der Waals surface area contributed by atoms with Crippen molar-refractivity contribution in [3.05, 3.63) is 40.7 Å². The third kappa shape index (κ3) is 3.59. The van der Waals surface area contributed by atoms with Gasteiger partial charge in [-0.3, -0.25) is 9.48 Å². The molecule has 0 unspecified atom stereocenters. The zero-order valence-corrected chi connectivity index (χ0v) is 13.7. The van der Waals surface area contributed by atoms with Crippen LogP contribution in [0.4, 0.5) is 0 Å². The molecule has 0 bridgehead atoms. The lowest BCUT2D eigenvalue weighted by molar-refractivity contribution is -0.144. The van der Waals surface area contributed by atoms with E-state index in [4.69, 9.17) is 25.8 Å². The van der Waals surface area contributed by atoms with E-state index in [-0.39, 0.29) is 31.8 Å². The molecule has 3 rings (SSSR count). The molecule has 2 heterocycles. The molecule has 0 amide bonds. The number of carbonyl (C=O) groups is 1. The number of hydrogen-bond donors (Lipinski definition) is 0. The zero-order chi connectivity index (χ0) is 16.4. The van der Waals surface area contributed by atoms with Crippen LogP contribution in [0.25, 0.3) is 0 Å². The minimum Gasteiger partial charge on any atom is -0.461 e. The van der Waals surface area contributed by atoms with Crippen molar-refractivity contribution in [2.45, 2.75) is 32.9 Å².